The first kappa shape index (κ1) is 18.3. The Kier molecular flexibility index (Phi) is 5.69. The molecule has 1 atom stereocenters. The molecule has 0 aromatic carbocycles. The Hall–Kier alpha value is -1.53. The quantitative estimate of drug-likeness (QED) is 0.838. The van der Waals surface area contributed by atoms with Gasteiger partial charge in [-0.1, -0.05) is 0 Å². The molecule has 6 heteroatoms. The normalized spacial score (nSPS) is 23.8. The van der Waals surface area contributed by atoms with Crippen LogP contribution in [-0.2, 0) is 4.74 Å². The number of rotatable bonds is 4. The summed E-state index contributed by atoms with van der Waals surface area (Å²) in [7, 11) is 0. The molecule has 2 fully saturated rings. The second kappa shape index (κ2) is 7.79. The van der Waals surface area contributed by atoms with Gasteiger partial charge < -0.3 is 14.5 Å². The minimum absolute atomic E-state index is 0.0164. The maximum absolute atomic E-state index is 12.9. The molecule has 2 aliphatic heterocycles. The van der Waals surface area contributed by atoms with E-state index >= 15 is 0 Å². The Bertz CT molecular complexity index is 570. The van der Waals surface area contributed by atoms with Gasteiger partial charge in [-0.25, -0.2) is 4.98 Å². The lowest BCUT2D eigenvalue weighted by Crippen LogP contribution is -2.55. The van der Waals surface area contributed by atoms with Crippen molar-refractivity contribution in [3.05, 3.63) is 24.3 Å². The number of likely N-dealkylation sites (tertiary alicyclic amines) is 1. The van der Waals surface area contributed by atoms with Crippen molar-refractivity contribution in [2.45, 2.75) is 64.1 Å². The highest BCUT2D eigenvalue weighted by Gasteiger charge is 2.42. The molecule has 0 bridgehead atoms. The lowest BCUT2D eigenvalue weighted by atomic mass is 9.81. The standard InChI is InChI=1S/C19H30N4O2/c1-4-23(18(24)17-14-20-8-9-21-17)16-5-12-25-19(13-16)6-10-22(11-7-19)15(2)3/h8-9,14-16H,4-7,10-13H2,1-3H3/t16-/m0/s1. The minimum atomic E-state index is -0.0651. The van der Waals surface area contributed by atoms with Crippen LogP contribution in [0.5, 0.6) is 0 Å². The highest BCUT2D eigenvalue weighted by atomic mass is 16.5. The molecule has 2 aliphatic rings. The Morgan fingerprint density at radius 3 is 2.76 bits per heavy atom. The molecule has 0 unspecified atom stereocenters. The fraction of sp³-hybridized carbons (Fsp3) is 0.737. The number of carbonyl (C=O) groups is 1. The van der Waals surface area contributed by atoms with Crippen molar-refractivity contribution in [3.63, 3.8) is 0 Å². The molecule has 1 aromatic heterocycles. The van der Waals surface area contributed by atoms with Crippen LogP contribution in [0.4, 0.5) is 0 Å². The van der Waals surface area contributed by atoms with Gasteiger partial charge in [-0.3, -0.25) is 9.78 Å². The summed E-state index contributed by atoms with van der Waals surface area (Å²) in [6, 6.07) is 0.806. The summed E-state index contributed by atoms with van der Waals surface area (Å²) in [6.07, 6.45) is 8.67. The summed E-state index contributed by atoms with van der Waals surface area (Å²) in [5, 5.41) is 0. The maximum atomic E-state index is 12.9. The Balaban J connectivity index is 1.69. The SMILES string of the molecule is CCN(C(=O)c1cnccn1)[C@H]1CCOC2(CCN(C(C)C)CC2)C1. The van der Waals surface area contributed by atoms with Crippen molar-refractivity contribution in [2.75, 3.05) is 26.2 Å². The fourth-order valence-electron chi connectivity index (χ4n) is 4.19. The highest BCUT2D eigenvalue weighted by Crippen LogP contribution is 2.37. The zero-order valence-corrected chi connectivity index (χ0v) is 15.6. The van der Waals surface area contributed by atoms with Gasteiger partial charge in [0.1, 0.15) is 5.69 Å². The van der Waals surface area contributed by atoms with Crippen LogP contribution in [0.25, 0.3) is 0 Å². The number of hydrogen-bond donors (Lipinski definition) is 0. The summed E-state index contributed by atoms with van der Waals surface area (Å²) < 4.78 is 6.25. The topological polar surface area (TPSA) is 58.6 Å². The van der Waals surface area contributed by atoms with Crippen molar-refractivity contribution in [3.8, 4) is 0 Å². The molecule has 6 nitrogen and oxygen atoms in total. The number of hydrogen-bond acceptors (Lipinski definition) is 5. The van der Waals surface area contributed by atoms with Gasteiger partial charge in [-0.05, 0) is 46.5 Å². The van der Waals surface area contributed by atoms with Crippen LogP contribution < -0.4 is 0 Å². The maximum Gasteiger partial charge on any atom is 0.274 e. The van der Waals surface area contributed by atoms with E-state index in [-0.39, 0.29) is 17.6 Å². The van der Waals surface area contributed by atoms with E-state index in [1.54, 1.807) is 18.6 Å². The summed E-state index contributed by atoms with van der Waals surface area (Å²) >= 11 is 0. The monoisotopic (exact) mass is 346 g/mol. The van der Waals surface area contributed by atoms with Gasteiger partial charge in [0.05, 0.1) is 11.8 Å². The van der Waals surface area contributed by atoms with Crippen molar-refractivity contribution < 1.29 is 9.53 Å². The molecule has 0 saturated carbocycles. The van der Waals surface area contributed by atoms with Crippen molar-refractivity contribution in [2.24, 2.45) is 0 Å². The lowest BCUT2D eigenvalue weighted by Gasteiger charge is -2.49. The smallest absolute Gasteiger partial charge is 0.274 e. The number of nitrogens with zero attached hydrogens (tertiary/aromatic N) is 4. The molecule has 0 aliphatic carbocycles. The first-order valence-electron chi connectivity index (χ1n) is 9.49. The van der Waals surface area contributed by atoms with Gasteiger partial charge in [0.25, 0.3) is 5.91 Å². The zero-order valence-electron chi connectivity index (χ0n) is 15.6. The predicted molar refractivity (Wildman–Crippen MR) is 96.4 cm³/mol. The molecule has 2 saturated heterocycles. The number of ether oxygens (including phenoxy) is 1. The van der Waals surface area contributed by atoms with Gasteiger partial charge in [-0.2, -0.15) is 0 Å². The Morgan fingerprint density at radius 2 is 2.16 bits per heavy atom. The van der Waals surface area contributed by atoms with Gasteiger partial charge in [-0.15, -0.1) is 0 Å². The van der Waals surface area contributed by atoms with Crippen molar-refractivity contribution in [1.82, 2.24) is 19.8 Å². The molecule has 0 N–H and O–H groups in total. The molecule has 25 heavy (non-hydrogen) atoms. The number of aromatic nitrogens is 2. The molecule has 0 radical (unpaired) electrons. The lowest BCUT2D eigenvalue weighted by molar-refractivity contribution is -0.131. The van der Waals surface area contributed by atoms with E-state index < -0.39 is 0 Å². The summed E-state index contributed by atoms with van der Waals surface area (Å²) in [6.45, 7) is 10.1. The summed E-state index contributed by atoms with van der Waals surface area (Å²) in [4.78, 5) is 25.6. The van der Waals surface area contributed by atoms with Gasteiger partial charge >= 0.3 is 0 Å². The van der Waals surface area contributed by atoms with E-state index in [0.29, 0.717) is 18.3 Å². The van der Waals surface area contributed by atoms with E-state index in [9.17, 15) is 4.79 Å². The van der Waals surface area contributed by atoms with Crippen LogP contribution in [-0.4, -0.2) is 69.6 Å². The molecule has 1 spiro atoms. The Morgan fingerprint density at radius 1 is 1.40 bits per heavy atom. The predicted octanol–water partition coefficient (Wildman–Crippen LogP) is 2.36. The van der Waals surface area contributed by atoms with Crippen molar-refractivity contribution >= 4 is 5.91 Å². The van der Waals surface area contributed by atoms with Crippen molar-refractivity contribution in [1.29, 1.82) is 0 Å². The second-order valence-corrected chi connectivity index (χ2v) is 7.49. The first-order chi connectivity index (χ1) is 12.0. The molecular formula is C19H30N4O2. The average Bonchev–Trinajstić information content (AvgIpc) is 2.63. The van der Waals surface area contributed by atoms with Crippen LogP contribution in [0.1, 0.15) is 56.9 Å². The van der Waals surface area contributed by atoms with E-state index in [1.165, 1.54) is 0 Å². The van der Waals surface area contributed by atoms with Crippen LogP contribution >= 0.6 is 0 Å². The Labute approximate surface area is 150 Å². The second-order valence-electron chi connectivity index (χ2n) is 7.49. The molecule has 1 amide bonds. The molecular weight excluding hydrogens is 316 g/mol. The van der Waals surface area contributed by atoms with Gasteiger partial charge in [0.2, 0.25) is 0 Å². The third-order valence-electron chi connectivity index (χ3n) is 5.73. The first-order valence-corrected chi connectivity index (χ1v) is 9.49. The molecule has 3 heterocycles. The molecule has 138 valence electrons. The van der Waals surface area contributed by atoms with E-state index in [0.717, 1.165) is 45.4 Å². The summed E-state index contributed by atoms with van der Waals surface area (Å²) in [5.74, 6) is -0.0164. The van der Waals surface area contributed by atoms with Gasteiger partial charge in [0, 0.05) is 50.7 Å². The van der Waals surface area contributed by atoms with E-state index in [4.69, 9.17) is 4.74 Å². The number of piperidine rings is 1. The average molecular weight is 346 g/mol. The van der Waals surface area contributed by atoms with Crippen LogP contribution in [0.3, 0.4) is 0 Å². The largest absolute Gasteiger partial charge is 0.375 e. The van der Waals surface area contributed by atoms with E-state index in [1.807, 2.05) is 11.8 Å². The summed E-state index contributed by atoms with van der Waals surface area (Å²) in [5.41, 5.74) is 0.365. The third-order valence-corrected chi connectivity index (χ3v) is 5.73. The van der Waals surface area contributed by atoms with Gasteiger partial charge in [0.15, 0.2) is 0 Å². The highest BCUT2D eigenvalue weighted by molar-refractivity contribution is 5.92. The molecule has 3 rings (SSSR count). The van der Waals surface area contributed by atoms with Crippen LogP contribution in [0.15, 0.2) is 18.6 Å². The number of amides is 1. The zero-order chi connectivity index (χ0) is 17.9. The van der Waals surface area contributed by atoms with Crippen LogP contribution in [0.2, 0.25) is 0 Å². The third kappa shape index (κ3) is 4.01. The van der Waals surface area contributed by atoms with E-state index in [2.05, 4.69) is 28.7 Å². The fourth-order valence-corrected chi connectivity index (χ4v) is 4.19. The van der Waals surface area contributed by atoms with Crippen LogP contribution in [0, 0.1) is 0 Å². The molecule has 1 aromatic rings. The minimum Gasteiger partial charge on any atom is -0.375 e. The number of carbonyl (C=O) groups excluding carboxylic acids is 1.